The smallest absolute Gasteiger partial charge is 0.338 e. The first-order chi connectivity index (χ1) is 11.5. The molecular weight excluding hydrogens is 304 g/mol. The molecule has 0 radical (unpaired) electrons. The molecular formula is C20H28O4. The summed E-state index contributed by atoms with van der Waals surface area (Å²) in [6.45, 7) is 6.48. The highest BCUT2D eigenvalue weighted by atomic mass is 16.6. The third-order valence-electron chi connectivity index (χ3n) is 4.61. The number of hydrogen-bond acceptors (Lipinski definition) is 4. The van der Waals surface area contributed by atoms with Gasteiger partial charge in [-0.05, 0) is 43.7 Å². The van der Waals surface area contributed by atoms with E-state index in [0.717, 1.165) is 25.7 Å². The topological polar surface area (TPSA) is 52.6 Å². The van der Waals surface area contributed by atoms with E-state index in [-0.39, 0.29) is 11.9 Å². The molecule has 1 aliphatic rings. The molecule has 0 spiro atoms. The molecule has 4 heteroatoms. The van der Waals surface area contributed by atoms with E-state index in [2.05, 4.69) is 0 Å². The highest BCUT2D eigenvalue weighted by Gasteiger charge is 2.51. The van der Waals surface area contributed by atoms with E-state index < -0.39 is 11.5 Å². The van der Waals surface area contributed by atoms with Gasteiger partial charge in [0.15, 0.2) is 0 Å². The second-order valence-electron chi connectivity index (χ2n) is 7.05. The average Bonchev–Trinajstić information content (AvgIpc) is 2.97. The summed E-state index contributed by atoms with van der Waals surface area (Å²) in [7, 11) is 0. The molecule has 24 heavy (non-hydrogen) atoms. The molecule has 0 N–H and O–H groups in total. The Balaban J connectivity index is 2.14. The Morgan fingerprint density at radius 1 is 1.25 bits per heavy atom. The van der Waals surface area contributed by atoms with Crippen LogP contribution in [-0.2, 0) is 14.3 Å². The van der Waals surface area contributed by atoms with Crippen LogP contribution in [0.2, 0.25) is 0 Å². The summed E-state index contributed by atoms with van der Waals surface area (Å²) in [5.74, 6) is -0.277. The van der Waals surface area contributed by atoms with Crippen LogP contribution in [0, 0.1) is 11.3 Å². The molecule has 2 rings (SSSR count). The van der Waals surface area contributed by atoms with E-state index in [9.17, 15) is 9.59 Å². The zero-order valence-corrected chi connectivity index (χ0v) is 14.9. The molecule has 0 saturated heterocycles. The SMILES string of the molecule is CCCC1(C(=O)OCC(C)C)CCCC1OC(=O)c1ccccc1. The predicted molar refractivity (Wildman–Crippen MR) is 92.6 cm³/mol. The minimum absolute atomic E-state index is 0.207. The number of benzene rings is 1. The number of carbonyl (C=O) groups excluding carboxylic acids is 2. The van der Waals surface area contributed by atoms with Gasteiger partial charge in [-0.1, -0.05) is 45.4 Å². The number of ether oxygens (including phenoxy) is 2. The first kappa shape index (κ1) is 18.5. The first-order valence-corrected chi connectivity index (χ1v) is 8.93. The van der Waals surface area contributed by atoms with Crippen LogP contribution in [0.3, 0.4) is 0 Å². The van der Waals surface area contributed by atoms with E-state index in [1.54, 1.807) is 24.3 Å². The summed E-state index contributed by atoms with van der Waals surface area (Å²) in [6, 6.07) is 8.94. The molecule has 132 valence electrons. The molecule has 0 aromatic heterocycles. The Labute approximate surface area is 144 Å². The number of esters is 2. The molecule has 1 fully saturated rings. The van der Waals surface area contributed by atoms with Crippen molar-refractivity contribution in [2.24, 2.45) is 11.3 Å². The second kappa shape index (κ2) is 8.32. The van der Waals surface area contributed by atoms with Gasteiger partial charge in [0, 0.05) is 0 Å². The molecule has 1 aliphatic carbocycles. The second-order valence-corrected chi connectivity index (χ2v) is 7.05. The Morgan fingerprint density at radius 2 is 1.96 bits per heavy atom. The average molecular weight is 332 g/mol. The van der Waals surface area contributed by atoms with E-state index >= 15 is 0 Å². The van der Waals surface area contributed by atoms with Crippen LogP contribution < -0.4 is 0 Å². The number of hydrogen-bond donors (Lipinski definition) is 0. The lowest BCUT2D eigenvalue weighted by Gasteiger charge is -2.32. The van der Waals surface area contributed by atoms with Crippen LogP contribution in [0.5, 0.6) is 0 Å². The van der Waals surface area contributed by atoms with Crippen molar-refractivity contribution in [3.05, 3.63) is 35.9 Å². The van der Waals surface area contributed by atoms with Crippen LogP contribution in [-0.4, -0.2) is 24.6 Å². The lowest BCUT2D eigenvalue weighted by Crippen LogP contribution is -2.42. The van der Waals surface area contributed by atoms with Crippen LogP contribution in [0.25, 0.3) is 0 Å². The lowest BCUT2D eigenvalue weighted by molar-refractivity contribution is -0.163. The van der Waals surface area contributed by atoms with Crippen molar-refractivity contribution in [3.63, 3.8) is 0 Å². The first-order valence-electron chi connectivity index (χ1n) is 8.93. The summed E-state index contributed by atoms with van der Waals surface area (Å²) in [6.07, 6.45) is 3.47. The Morgan fingerprint density at radius 3 is 2.58 bits per heavy atom. The summed E-state index contributed by atoms with van der Waals surface area (Å²) >= 11 is 0. The van der Waals surface area contributed by atoms with Crippen molar-refractivity contribution in [2.75, 3.05) is 6.61 Å². The maximum atomic E-state index is 12.8. The van der Waals surface area contributed by atoms with Crippen molar-refractivity contribution < 1.29 is 19.1 Å². The standard InChI is InChI=1S/C20H28O4/c1-4-12-20(19(22)23-14-15(2)3)13-8-11-17(20)24-18(21)16-9-6-5-7-10-16/h5-7,9-10,15,17H,4,8,11-14H2,1-3H3. The fourth-order valence-electron chi connectivity index (χ4n) is 3.44. The maximum Gasteiger partial charge on any atom is 0.338 e. The minimum Gasteiger partial charge on any atom is -0.465 e. The third-order valence-corrected chi connectivity index (χ3v) is 4.61. The van der Waals surface area contributed by atoms with Gasteiger partial charge in [0.25, 0.3) is 0 Å². The van der Waals surface area contributed by atoms with E-state index in [4.69, 9.17) is 9.47 Å². The Hall–Kier alpha value is -1.84. The van der Waals surface area contributed by atoms with E-state index in [1.807, 2.05) is 26.8 Å². The number of rotatable bonds is 7. The molecule has 4 nitrogen and oxygen atoms in total. The zero-order valence-electron chi connectivity index (χ0n) is 14.9. The molecule has 0 aliphatic heterocycles. The quantitative estimate of drug-likeness (QED) is 0.695. The lowest BCUT2D eigenvalue weighted by atomic mass is 9.79. The Kier molecular flexibility index (Phi) is 6.41. The van der Waals surface area contributed by atoms with Crippen molar-refractivity contribution in [1.29, 1.82) is 0 Å². The van der Waals surface area contributed by atoms with E-state index in [0.29, 0.717) is 24.5 Å². The van der Waals surface area contributed by atoms with Crippen LogP contribution >= 0.6 is 0 Å². The van der Waals surface area contributed by atoms with Gasteiger partial charge in [-0.25, -0.2) is 4.79 Å². The Bertz CT molecular complexity index is 552. The molecule has 2 atom stereocenters. The van der Waals surface area contributed by atoms with Gasteiger partial charge in [-0.15, -0.1) is 0 Å². The number of carbonyl (C=O) groups is 2. The van der Waals surface area contributed by atoms with Crippen molar-refractivity contribution in [2.45, 2.75) is 59.0 Å². The highest BCUT2D eigenvalue weighted by molar-refractivity contribution is 5.90. The summed E-state index contributed by atoms with van der Waals surface area (Å²) in [5, 5.41) is 0. The monoisotopic (exact) mass is 332 g/mol. The maximum absolute atomic E-state index is 12.8. The van der Waals surface area contributed by atoms with Gasteiger partial charge in [0.1, 0.15) is 11.5 Å². The molecule has 0 amide bonds. The molecule has 1 aromatic carbocycles. The van der Waals surface area contributed by atoms with Gasteiger partial charge in [-0.2, -0.15) is 0 Å². The fourth-order valence-corrected chi connectivity index (χ4v) is 3.44. The molecule has 1 saturated carbocycles. The van der Waals surface area contributed by atoms with Crippen LogP contribution in [0.15, 0.2) is 30.3 Å². The van der Waals surface area contributed by atoms with Crippen LogP contribution in [0.1, 0.15) is 63.2 Å². The predicted octanol–water partition coefficient (Wildman–Crippen LogP) is 4.38. The highest BCUT2D eigenvalue weighted by Crippen LogP contribution is 2.45. The zero-order chi connectivity index (χ0) is 17.6. The summed E-state index contributed by atoms with van der Waals surface area (Å²) in [4.78, 5) is 25.2. The molecule has 1 aromatic rings. The largest absolute Gasteiger partial charge is 0.465 e. The third kappa shape index (κ3) is 4.16. The molecule has 0 bridgehead atoms. The van der Waals surface area contributed by atoms with Gasteiger partial charge in [-0.3, -0.25) is 4.79 Å². The van der Waals surface area contributed by atoms with Gasteiger partial charge in [0.05, 0.1) is 12.2 Å². The van der Waals surface area contributed by atoms with Crippen molar-refractivity contribution in [3.8, 4) is 0 Å². The normalized spacial score (nSPS) is 23.2. The van der Waals surface area contributed by atoms with E-state index in [1.165, 1.54) is 0 Å². The summed E-state index contributed by atoms with van der Waals surface area (Å²) < 4.78 is 11.3. The fraction of sp³-hybridized carbons (Fsp3) is 0.600. The molecule has 2 unspecified atom stereocenters. The van der Waals surface area contributed by atoms with Gasteiger partial charge >= 0.3 is 11.9 Å². The van der Waals surface area contributed by atoms with Crippen molar-refractivity contribution in [1.82, 2.24) is 0 Å². The summed E-state index contributed by atoms with van der Waals surface area (Å²) in [5.41, 5.74) is -0.168. The molecule has 0 heterocycles. The van der Waals surface area contributed by atoms with Gasteiger partial charge < -0.3 is 9.47 Å². The van der Waals surface area contributed by atoms with Gasteiger partial charge in [0.2, 0.25) is 0 Å². The minimum atomic E-state index is -0.686. The van der Waals surface area contributed by atoms with Crippen molar-refractivity contribution >= 4 is 11.9 Å². The van der Waals surface area contributed by atoms with Crippen LogP contribution in [0.4, 0.5) is 0 Å².